The predicted octanol–water partition coefficient (Wildman–Crippen LogP) is 1.31. The smallest absolute Gasteiger partial charge is 0.414 e. The molecule has 11 heteroatoms. The van der Waals surface area contributed by atoms with E-state index < -0.39 is 18.0 Å². The van der Waals surface area contributed by atoms with Crippen LogP contribution in [-0.2, 0) is 9.53 Å². The maximum Gasteiger partial charge on any atom is 0.414 e. The minimum Gasteiger partial charge on any atom is -0.442 e. The van der Waals surface area contributed by atoms with E-state index in [2.05, 4.69) is 25.9 Å². The average Bonchev–Trinajstić information content (AvgIpc) is 3.36. The Morgan fingerprint density at radius 3 is 3.03 bits per heavy atom. The minimum absolute atomic E-state index is 0.207. The summed E-state index contributed by atoms with van der Waals surface area (Å²) in [4.78, 5) is 26.4. The topological polar surface area (TPSA) is 116 Å². The molecule has 2 aliphatic rings. The van der Waals surface area contributed by atoms with Gasteiger partial charge < -0.3 is 15.0 Å². The number of carbonyl (C=O) groups is 2. The Labute approximate surface area is 165 Å². The number of aromatic nitrogens is 4. The van der Waals surface area contributed by atoms with Crippen molar-refractivity contribution in [1.29, 1.82) is 0 Å². The van der Waals surface area contributed by atoms with Crippen LogP contribution in [0.5, 0.6) is 0 Å². The number of aromatic amines is 1. The highest BCUT2D eigenvalue weighted by Gasteiger charge is 2.33. The van der Waals surface area contributed by atoms with Crippen molar-refractivity contribution in [3.8, 4) is 0 Å². The lowest BCUT2D eigenvalue weighted by Crippen LogP contribution is -2.33. The van der Waals surface area contributed by atoms with Gasteiger partial charge in [0.2, 0.25) is 5.91 Å². The van der Waals surface area contributed by atoms with Gasteiger partial charge in [-0.3, -0.25) is 9.69 Å². The van der Waals surface area contributed by atoms with Gasteiger partial charge in [0.05, 0.1) is 24.8 Å². The molecule has 0 spiro atoms. The third-order valence-corrected chi connectivity index (χ3v) is 4.85. The molecule has 0 aliphatic carbocycles. The van der Waals surface area contributed by atoms with E-state index in [9.17, 15) is 9.59 Å². The molecular weight excluding hydrogens is 381 g/mol. The monoisotopic (exact) mass is 401 g/mol. The van der Waals surface area contributed by atoms with Crippen LogP contribution in [-0.4, -0.2) is 58.4 Å². The Morgan fingerprint density at radius 1 is 1.45 bits per heavy atom. The zero-order chi connectivity index (χ0) is 20.4. The van der Waals surface area contributed by atoms with E-state index in [1.165, 1.54) is 17.9 Å². The molecular formula is C18H20FN7O3. The van der Waals surface area contributed by atoms with Crippen molar-refractivity contribution in [1.82, 2.24) is 25.9 Å². The third-order valence-electron chi connectivity index (χ3n) is 4.85. The normalized spacial score (nSPS) is 21.4. The number of carbonyl (C=O) groups excluding carboxylic acids is 2. The summed E-state index contributed by atoms with van der Waals surface area (Å²) in [5.41, 5.74) is 0.837. The first kappa shape index (κ1) is 18.8. The molecule has 152 valence electrons. The molecule has 3 heterocycles. The van der Waals surface area contributed by atoms with Crippen LogP contribution in [0.25, 0.3) is 0 Å². The number of nitrogens with one attached hydrogen (secondary N) is 2. The Kier molecular flexibility index (Phi) is 5.10. The summed E-state index contributed by atoms with van der Waals surface area (Å²) in [6.45, 7) is 2.46. The number of amides is 2. The molecule has 29 heavy (non-hydrogen) atoms. The van der Waals surface area contributed by atoms with Crippen LogP contribution in [0.3, 0.4) is 0 Å². The van der Waals surface area contributed by atoms with Gasteiger partial charge in [-0.05, 0) is 23.8 Å². The minimum atomic E-state index is -0.571. The van der Waals surface area contributed by atoms with Crippen LogP contribution >= 0.6 is 0 Å². The Hall–Kier alpha value is -3.50. The number of hydrogen-bond acceptors (Lipinski definition) is 7. The molecule has 1 aromatic carbocycles. The fourth-order valence-electron chi connectivity index (χ4n) is 3.48. The second kappa shape index (κ2) is 7.86. The molecule has 2 atom stereocenters. The standard InChI is InChI=1S/C18H20FN7O3/c1-11(27)20-9-13-10-26(18(28)29-13)12-5-6-14(15(19)8-12)16-4-2-3-7-25(16)17-21-23-24-22-17/h2,4-6,8,13,16H,3,7,9-10H2,1H3,(H,20,27)(H,21,22,23,24)/t13-,16?/m0/s1. The van der Waals surface area contributed by atoms with E-state index in [0.29, 0.717) is 23.7 Å². The quantitative estimate of drug-likeness (QED) is 0.726. The lowest BCUT2D eigenvalue weighted by Gasteiger charge is -2.31. The summed E-state index contributed by atoms with van der Waals surface area (Å²) in [5, 5.41) is 16.6. The highest BCUT2D eigenvalue weighted by atomic mass is 19.1. The van der Waals surface area contributed by atoms with E-state index in [-0.39, 0.29) is 25.0 Å². The van der Waals surface area contributed by atoms with E-state index in [0.717, 1.165) is 6.42 Å². The number of anilines is 2. The number of H-pyrrole nitrogens is 1. The van der Waals surface area contributed by atoms with E-state index in [1.807, 2.05) is 17.1 Å². The lowest BCUT2D eigenvalue weighted by molar-refractivity contribution is -0.119. The van der Waals surface area contributed by atoms with E-state index in [4.69, 9.17) is 4.74 Å². The highest BCUT2D eigenvalue weighted by molar-refractivity contribution is 5.89. The van der Waals surface area contributed by atoms with Crippen molar-refractivity contribution in [2.75, 3.05) is 29.4 Å². The maximum atomic E-state index is 15.0. The van der Waals surface area contributed by atoms with Gasteiger partial charge in [-0.15, -0.1) is 5.10 Å². The van der Waals surface area contributed by atoms with Crippen LogP contribution in [0.2, 0.25) is 0 Å². The molecule has 2 aliphatic heterocycles. The zero-order valence-corrected chi connectivity index (χ0v) is 15.7. The first-order chi connectivity index (χ1) is 14.0. The average molecular weight is 401 g/mol. The van der Waals surface area contributed by atoms with Crippen LogP contribution < -0.4 is 15.1 Å². The van der Waals surface area contributed by atoms with Gasteiger partial charge in [-0.25, -0.2) is 9.18 Å². The van der Waals surface area contributed by atoms with Gasteiger partial charge in [0, 0.05) is 19.0 Å². The number of hydrogen-bond donors (Lipinski definition) is 2. The van der Waals surface area contributed by atoms with Crippen molar-refractivity contribution in [3.05, 3.63) is 41.7 Å². The largest absolute Gasteiger partial charge is 0.442 e. The van der Waals surface area contributed by atoms with Crippen LogP contribution in [0, 0.1) is 5.82 Å². The number of ether oxygens (including phenoxy) is 1. The molecule has 10 nitrogen and oxygen atoms in total. The number of cyclic esters (lactones) is 1. The number of nitrogens with zero attached hydrogens (tertiary/aromatic N) is 5. The molecule has 2 aromatic rings. The SMILES string of the molecule is CC(=O)NC[C@H]1CN(c2ccc(C3C=CCCN3c3nn[nH]n3)c(F)c2)C(=O)O1. The maximum absolute atomic E-state index is 15.0. The summed E-state index contributed by atoms with van der Waals surface area (Å²) < 4.78 is 20.3. The summed E-state index contributed by atoms with van der Waals surface area (Å²) in [7, 11) is 0. The molecule has 0 bridgehead atoms. The van der Waals surface area contributed by atoms with E-state index >= 15 is 4.39 Å². The highest BCUT2D eigenvalue weighted by Crippen LogP contribution is 2.33. The number of benzene rings is 1. The van der Waals surface area contributed by atoms with E-state index in [1.54, 1.807) is 12.1 Å². The molecule has 2 N–H and O–H groups in total. The molecule has 1 fully saturated rings. The molecule has 1 unspecified atom stereocenters. The second-order valence-electron chi connectivity index (χ2n) is 6.83. The molecule has 2 amide bonds. The molecule has 1 aromatic heterocycles. The fraction of sp³-hybridized carbons (Fsp3) is 0.389. The summed E-state index contributed by atoms with van der Waals surface area (Å²) >= 11 is 0. The Balaban J connectivity index is 1.53. The second-order valence-corrected chi connectivity index (χ2v) is 6.83. The summed E-state index contributed by atoms with van der Waals surface area (Å²) in [6.07, 6.45) is 3.62. The van der Waals surface area contributed by atoms with Crippen molar-refractivity contribution < 1.29 is 18.7 Å². The van der Waals surface area contributed by atoms with Crippen molar-refractivity contribution in [3.63, 3.8) is 0 Å². The number of halogens is 1. The van der Waals surface area contributed by atoms with Gasteiger partial charge >= 0.3 is 6.09 Å². The summed E-state index contributed by atoms with van der Waals surface area (Å²) in [5.74, 6) is -0.265. The zero-order valence-electron chi connectivity index (χ0n) is 15.7. The number of tetrazole rings is 1. The van der Waals surface area contributed by atoms with Gasteiger partial charge in [-0.2, -0.15) is 5.21 Å². The third kappa shape index (κ3) is 3.89. The predicted molar refractivity (Wildman–Crippen MR) is 101 cm³/mol. The molecule has 1 saturated heterocycles. The van der Waals surface area contributed by atoms with Crippen LogP contribution in [0.4, 0.5) is 20.8 Å². The Morgan fingerprint density at radius 2 is 2.31 bits per heavy atom. The number of rotatable bonds is 5. The van der Waals surface area contributed by atoms with Crippen molar-refractivity contribution in [2.24, 2.45) is 0 Å². The molecule has 0 radical (unpaired) electrons. The lowest BCUT2D eigenvalue weighted by atomic mass is 10.0. The first-order valence-corrected chi connectivity index (χ1v) is 9.21. The first-order valence-electron chi connectivity index (χ1n) is 9.21. The summed E-state index contributed by atoms with van der Waals surface area (Å²) in [6, 6.07) is 4.26. The molecule has 4 rings (SSSR count). The van der Waals surface area contributed by atoms with Crippen LogP contribution in [0.15, 0.2) is 30.4 Å². The fourth-order valence-corrected chi connectivity index (χ4v) is 3.48. The van der Waals surface area contributed by atoms with Gasteiger partial charge in [0.15, 0.2) is 0 Å². The van der Waals surface area contributed by atoms with Gasteiger partial charge in [-0.1, -0.05) is 23.3 Å². The Bertz CT molecular complexity index is 934. The van der Waals surface area contributed by atoms with Crippen molar-refractivity contribution >= 4 is 23.6 Å². The van der Waals surface area contributed by atoms with Gasteiger partial charge in [0.1, 0.15) is 11.9 Å². The van der Waals surface area contributed by atoms with Gasteiger partial charge in [0.25, 0.3) is 5.95 Å². The van der Waals surface area contributed by atoms with Crippen LogP contribution in [0.1, 0.15) is 24.9 Å². The van der Waals surface area contributed by atoms with Crippen molar-refractivity contribution in [2.45, 2.75) is 25.5 Å². The molecule has 0 saturated carbocycles.